The number of nitrogens with zero attached hydrogens (tertiary/aromatic N) is 3. The number of rotatable bonds is 7. The number of carbonyl (C=O) groups excluding carboxylic acids is 1. The van der Waals surface area contributed by atoms with Crippen LogP contribution in [0.3, 0.4) is 0 Å². The average Bonchev–Trinajstić information content (AvgIpc) is 2.86. The Morgan fingerprint density at radius 3 is 2.68 bits per heavy atom. The molecule has 5 heteroatoms. The molecule has 1 heterocycles. The fourth-order valence-corrected chi connectivity index (χ4v) is 1.99. The largest absolute Gasteiger partial charge is 0.465 e. The van der Waals surface area contributed by atoms with Crippen LogP contribution in [0.4, 0.5) is 0 Å². The summed E-state index contributed by atoms with van der Waals surface area (Å²) in [7, 11) is 0. The lowest BCUT2D eigenvalue weighted by Crippen LogP contribution is -2.19. The molecule has 0 fully saturated rings. The molecular weight excluding hydrogens is 242 g/mol. The molecule has 0 saturated carbocycles. The molecule has 1 aromatic heterocycles. The van der Waals surface area contributed by atoms with Crippen LogP contribution in [0, 0.1) is 17.2 Å². The van der Waals surface area contributed by atoms with Gasteiger partial charge in [-0.15, -0.1) is 0 Å². The van der Waals surface area contributed by atoms with Gasteiger partial charge in [0.05, 0.1) is 24.4 Å². The predicted molar refractivity (Wildman–Crippen MR) is 71.3 cm³/mol. The van der Waals surface area contributed by atoms with Gasteiger partial charge in [0, 0.05) is 12.6 Å². The summed E-state index contributed by atoms with van der Waals surface area (Å²) in [5, 5.41) is 13.4. The van der Waals surface area contributed by atoms with E-state index in [-0.39, 0.29) is 0 Å². The molecule has 1 aromatic rings. The van der Waals surface area contributed by atoms with E-state index in [1.165, 1.54) is 0 Å². The summed E-state index contributed by atoms with van der Waals surface area (Å²) in [5.41, 5.74) is 0.756. The smallest absolute Gasteiger partial charge is 0.323 e. The maximum absolute atomic E-state index is 11.6. The van der Waals surface area contributed by atoms with Crippen molar-refractivity contribution in [2.75, 3.05) is 6.61 Å². The lowest BCUT2D eigenvalue weighted by molar-refractivity contribution is -0.146. The minimum Gasteiger partial charge on any atom is -0.465 e. The molecule has 0 aliphatic carbocycles. The standard InChI is InChI=1S/C14H21N3O2/c1-4-13(5-2)17-8-7-12(16-17)9-11(10-15)14(18)19-6-3/h7-8,11,13H,4-6,9H2,1-3H3. The molecule has 1 rings (SSSR count). The van der Waals surface area contributed by atoms with E-state index in [0.717, 1.165) is 18.5 Å². The molecule has 0 bridgehead atoms. The Kier molecular flexibility index (Phi) is 6.07. The van der Waals surface area contributed by atoms with Crippen LogP contribution in [-0.2, 0) is 16.0 Å². The summed E-state index contributed by atoms with van der Waals surface area (Å²) in [6.45, 7) is 6.26. The van der Waals surface area contributed by atoms with Gasteiger partial charge in [-0.25, -0.2) is 0 Å². The van der Waals surface area contributed by atoms with Crippen LogP contribution in [0.15, 0.2) is 12.3 Å². The Hall–Kier alpha value is -1.83. The van der Waals surface area contributed by atoms with Crippen molar-refractivity contribution in [3.05, 3.63) is 18.0 Å². The Labute approximate surface area is 114 Å². The average molecular weight is 263 g/mol. The van der Waals surface area contributed by atoms with Crippen molar-refractivity contribution in [3.8, 4) is 6.07 Å². The molecule has 19 heavy (non-hydrogen) atoms. The molecule has 0 saturated heterocycles. The quantitative estimate of drug-likeness (QED) is 0.709. The van der Waals surface area contributed by atoms with Crippen LogP contribution in [-0.4, -0.2) is 22.4 Å². The lowest BCUT2D eigenvalue weighted by atomic mass is 10.1. The number of esters is 1. The van der Waals surface area contributed by atoms with Gasteiger partial charge in [-0.3, -0.25) is 9.48 Å². The molecule has 0 aliphatic rings. The van der Waals surface area contributed by atoms with Gasteiger partial charge in [0.2, 0.25) is 0 Å². The fraction of sp³-hybridized carbons (Fsp3) is 0.643. The van der Waals surface area contributed by atoms with E-state index in [1.54, 1.807) is 6.92 Å². The lowest BCUT2D eigenvalue weighted by Gasteiger charge is -2.12. The van der Waals surface area contributed by atoms with E-state index in [2.05, 4.69) is 18.9 Å². The summed E-state index contributed by atoms with van der Waals surface area (Å²) in [4.78, 5) is 11.6. The van der Waals surface area contributed by atoms with E-state index in [0.29, 0.717) is 19.1 Å². The second-order valence-corrected chi connectivity index (χ2v) is 4.40. The number of aromatic nitrogens is 2. The number of hydrogen-bond donors (Lipinski definition) is 0. The topological polar surface area (TPSA) is 67.9 Å². The van der Waals surface area contributed by atoms with Gasteiger partial charge in [0.1, 0.15) is 5.92 Å². The van der Waals surface area contributed by atoms with Gasteiger partial charge >= 0.3 is 5.97 Å². The zero-order chi connectivity index (χ0) is 14.3. The Morgan fingerprint density at radius 1 is 1.47 bits per heavy atom. The zero-order valence-corrected chi connectivity index (χ0v) is 11.8. The highest BCUT2D eigenvalue weighted by Gasteiger charge is 2.21. The Balaban J connectivity index is 2.71. The Morgan fingerprint density at radius 2 is 2.16 bits per heavy atom. The summed E-state index contributed by atoms with van der Waals surface area (Å²) in [6, 6.07) is 4.21. The first-order valence-electron chi connectivity index (χ1n) is 6.76. The van der Waals surface area contributed by atoms with Crippen molar-refractivity contribution in [2.45, 2.75) is 46.1 Å². The zero-order valence-electron chi connectivity index (χ0n) is 11.8. The summed E-state index contributed by atoms with van der Waals surface area (Å²) < 4.78 is 6.78. The molecule has 0 radical (unpaired) electrons. The van der Waals surface area contributed by atoms with Crippen molar-refractivity contribution in [1.29, 1.82) is 5.26 Å². The highest BCUT2D eigenvalue weighted by molar-refractivity contribution is 5.75. The third kappa shape index (κ3) is 4.09. The molecule has 0 aromatic carbocycles. The third-order valence-electron chi connectivity index (χ3n) is 3.12. The molecular formula is C14H21N3O2. The fourth-order valence-electron chi connectivity index (χ4n) is 1.99. The minimum absolute atomic E-state index is 0.291. The molecule has 1 unspecified atom stereocenters. The van der Waals surface area contributed by atoms with Gasteiger partial charge in [-0.2, -0.15) is 10.4 Å². The van der Waals surface area contributed by atoms with Crippen LogP contribution >= 0.6 is 0 Å². The number of ether oxygens (including phenoxy) is 1. The van der Waals surface area contributed by atoms with Gasteiger partial charge < -0.3 is 4.74 Å². The van der Waals surface area contributed by atoms with Crippen molar-refractivity contribution in [3.63, 3.8) is 0 Å². The maximum atomic E-state index is 11.6. The van der Waals surface area contributed by atoms with E-state index in [4.69, 9.17) is 10.00 Å². The second-order valence-electron chi connectivity index (χ2n) is 4.40. The van der Waals surface area contributed by atoms with E-state index >= 15 is 0 Å². The van der Waals surface area contributed by atoms with Crippen molar-refractivity contribution in [1.82, 2.24) is 9.78 Å². The number of hydrogen-bond acceptors (Lipinski definition) is 4. The third-order valence-corrected chi connectivity index (χ3v) is 3.12. The minimum atomic E-state index is -0.773. The first-order chi connectivity index (χ1) is 9.15. The summed E-state index contributed by atoms with van der Waals surface area (Å²) in [5.74, 6) is -1.24. The number of nitriles is 1. The second kappa shape index (κ2) is 7.57. The van der Waals surface area contributed by atoms with Crippen molar-refractivity contribution in [2.24, 2.45) is 5.92 Å². The molecule has 1 atom stereocenters. The Bertz CT molecular complexity index is 444. The molecule has 0 N–H and O–H groups in total. The van der Waals surface area contributed by atoms with Gasteiger partial charge in [0.25, 0.3) is 0 Å². The predicted octanol–water partition coefficient (Wildman–Crippen LogP) is 2.49. The van der Waals surface area contributed by atoms with Crippen LogP contribution < -0.4 is 0 Å². The molecule has 104 valence electrons. The number of carbonyl (C=O) groups is 1. The maximum Gasteiger partial charge on any atom is 0.323 e. The van der Waals surface area contributed by atoms with E-state index in [9.17, 15) is 4.79 Å². The van der Waals surface area contributed by atoms with Crippen LogP contribution in [0.25, 0.3) is 0 Å². The van der Waals surface area contributed by atoms with E-state index in [1.807, 2.05) is 23.0 Å². The van der Waals surface area contributed by atoms with Crippen LogP contribution in [0.1, 0.15) is 45.3 Å². The highest BCUT2D eigenvalue weighted by Crippen LogP contribution is 2.16. The monoisotopic (exact) mass is 263 g/mol. The SMILES string of the molecule is CCOC(=O)C(C#N)Cc1ccn(C(CC)CC)n1. The normalized spacial score (nSPS) is 12.2. The van der Waals surface area contributed by atoms with Crippen LogP contribution in [0.5, 0.6) is 0 Å². The van der Waals surface area contributed by atoms with Gasteiger partial charge in [-0.05, 0) is 25.8 Å². The van der Waals surface area contributed by atoms with Crippen LogP contribution in [0.2, 0.25) is 0 Å². The molecule has 0 amide bonds. The molecule has 5 nitrogen and oxygen atoms in total. The summed E-state index contributed by atoms with van der Waals surface area (Å²) in [6.07, 6.45) is 4.24. The highest BCUT2D eigenvalue weighted by atomic mass is 16.5. The molecule has 0 aliphatic heterocycles. The molecule has 0 spiro atoms. The summed E-state index contributed by atoms with van der Waals surface area (Å²) >= 11 is 0. The van der Waals surface area contributed by atoms with Gasteiger partial charge in [0.15, 0.2) is 0 Å². The van der Waals surface area contributed by atoms with Gasteiger partial charge in [-0.1, -0.05) is 13.8 Å². The first kappa shape index (κ1) is 15.2. The van der Waals surface area contributed by atoms with Crippen molar-refractivity contribution < 1.29 is 9.53 Å². The first-order valence-corrected chi connectivity index (χ1v) is 6.76. The van der Waals surface area contributed by atoms with E-state index < -0.39 is 11.9 Å². The van der Waals surface area contributed by atoms with Crippen molar-refractivity contribution >= 4 is 5.97 Å².